The fraction of sp³-hybridized carbons (Fsp3) is 0.478. The largest absolute Gasteiger partial charge is 0.496 e. The standard InChI is InChI=1S/C23H27N3O2/c1-15(27)17-7-8-21(24-13-17)26-14-19(18-5-3-4-6-20(18)28-2)23-22(26)16-9-11-25(23)12-10-16/h3-8,13,16,19,22-23H,9-12,14H2,1-2H3/t19-,22+,23+/m1/s1. The summed E-state index contributed by atoms with van der Waals surface area (Å²) in [5, 5.41) is 0. The van der Waals surface area contributed by atoms with Crippen molar-refractivity contribution in [3.8, 4) is 5.75 Å². The molecule has 0 amide bonds. The zero-order valence-corrected chi connectivity index (χ0v) is 16.5. The van der Waals surface area contributed by atoms with E-state index in [4.69, 9.17) is 4.74 Å². The Hall–Kier alpha value is -2.40. The van der Waals surface area contributed by atoms with Crippen LogP contribution in [0.4, 0.5) is 5.82 Å². The van der Waals surface area contributed by atoms with E-state index in [0.717, 1.165) is 18.1 Å². The van der Waals surface area contributed by atoms with Gasteiger partial charge in [-0.3, -0.25) is 9.69 Å². The molecular weight excluding hydrogens is 350 g/mol. The first-order chi connectivity index (χ1) is 13.7. The number of carbonyl (C=O) groups is 1. The first-order valence-electron chi connectivity index (χ1n) is 10.3. The Morgan fingerprint density at radius 1 is 1.11 bits per heavy atom. The molecular formula is C23H27N3O2. The van der Waals surface area contributed by atoms with Gasteiger partial charge in [-0.1, -0.05) is 18.2 Å². The molecule has 4 fully saturated rings. The lowest BCUT2D eigenvalue weighted by Gasteiger charge is -2.51. The molecule has 0 spiro atoms. The van der Waals surface area contributed by atoms with Crippen molar-refractivity contribution in [1.82, 2.24) is 9.88 Å². The zero-order valence-electron chi connectivity index (χ0n) is 16.5. The van der Waals surface area contributed by atoms with E-state index in [2.05, 4.69) is 33.0 Å². The number of piperidine rings is 3. The van der Waals surface area contributed by atoms with E-state index in [-0.39, 0.29) is 5.78 Å². The third kappa shape index (κ3) is 2.72. The summed E-state index contributed by atoms with van der Waals surface area (Å²) in [7, 11) is 1.76. The summed E-state index contributed by atoms with van der Waals surface area (Å²) in [6.07, 6.45) is 4.26. The summed E-state index contributed by atoms with van der Waals surface area (Å²) in [6.45, 7) is 4.92. The Morgan fingerprint density at radius 3 is 2.57 bits per heavy atom. The predicted octanol–water partition coefficient (Wildman–Crippen LogP) is 3.36. The second-order valence-corrected chi connectivity index (χ2v) is 8.32. The van der Waals surface area contributed by atoms with Crippen LogP contribution in [0.2, 0.25) is 0 Å². The first kappa shape index (κ1) is 17.7. The van der Waals surface area contributed by atoms with Gasteiger partial charge < -0.3 is 9.64 Å². The van der Waals surface area contributed by atoms with Gasteiger partial charge in [0, 0.05) is 41.9 Å². The summed E-state index contributed by atoms with van der Waals surface area (Å²) in [5.74, 6) is 3.15. The summed E-state index contributed by atoms with van der Waals surface area (Å²) >= 11 is 0. The fourth-order valence-electron chi connectivity index (χ4n) is 5.69. The van der Waals surface area contributed by atoms with Gasteiger partial charge in [0.15, 0.2) is 5.78 Å². The number of methoxy groups -OCH3 is 1. The Bertz CT molecular complexity index is 874. The third-order valence-corrected chi connectivity index (χ3v) is 6.98. The van der Waals surface area contributed by atoms with Gasteiger partial charge in [-0.2, -0.15) is 0 Å². The number of carbonyl (C=O) groups excluding carboxylic acids is 1. The number of rotatable bonds is 4. The smallest absolute Gasteiger partial charge is 0.161 e. The molecule has 0 unspecified atom stereocenters. The van der Waals surface area contributed by atoms with Crippen molar-refractivity contribution >= 4 is 11.6 Å². The van der Waals surface area contributed by atoms with Crippen molar-refractivity contribution in [3.05, 3.63) is 53.7 Å². The molecule has 6 rings (SSSR count). The number of para-hydroxylation sites is 1. The molecule has 1 aromatic carbocycles. The number of benzene rings is 1. The molecule has 4 aliphatic heterocycles. The van der Waals surface area contributed by atoms with E-state index in [9.17, 15) is 4.79 Å². The van der Waals surface area contributed by atoms with Gasteiger partial charge in [0.2, 0.25) is 0 Å². The Morgan fingerprint density at radius 2 is 1.89 bits per heavy atom. The topological polar surface area (TPSA) is 45.7 Å². The first-order valence-corrected chi connectivity index (χ1v) is 10.3. The fourth-order valence-corrected chi connectivity index (χ4v) is 5.69. The van der Waals surface area contributed by atoms with Crippen LogP contribution >= 0.6 is 0 Å². The lowest BCUT2D eigenvalue weighted by molar-refractivity contribution is 0.0352. The van der Waals surface area contributed by atoms with E-state index < -0.39 is 0 Å². The molecule has 2 bridgehead atoms. The Kier molecular flexibility index (Phi) is 4.35. The third-order valence-electron chi connectivity index (χ3n) is 6.98. The molecule has 1 aromatic heterocycles. The highest BCUT2D eigenvalue weighted by Gasteiger charge is 2.54. The van der Waals surface area contributed by atoms with Crippen LogP contribution in [0.25, 0.3) is 0 Å². The molecule has 2 aromatic rings. The van der Waals surface area contributed by atoms with Crippen LogP contribution in [-0.4, -0.2) is 54.5 Å². The van der Waals surface area contributed by atoms with Gasteiger partial charge in [-0.15, -0.1) is 0 Å². The average molecular weight is 377 g/mol. The number of ketones is 1. The van der Waals surface area contributed by atoms with Crippen molar-refractivity contribution in [2.24, 2.45) is 5.92 Å². The monoisotopic (exact) mass is 377 g/mol. The van der Waals surface area contributed by atoms with Crippen LogP contribution in [0.15, 0.2) is 42.6 Å². The summed E-state index contributed by atoms with van der Waals surface area (Å²) < 4.78 is 5.71. The molecule has 0 saturated carbocycles. The minimum absolute atomic E-state index is 0.0630. The maximum absolute atomic E-state index is 11.6. The van der Waals surface area contributed by atoms with Crippen molar-refractivity contribution in [2.75, 3.05) is 31.6 Å². The highest BCUT2D eigenvalue weighted by molar-refractivity contribution is 5.93. The van der Waals surface area contributed by atoms with E-state index >= 15 is 0 Å². The second-order valence-electron chi connectivity index (χ2n) is 8.32. The van der Waals surface area contributed by atoms with Crippen LogP contribution in [0.1, 0.15) is 41.6 Å². The highest BCUT2D eigenvalue weighted by atomic mass is 16.5. The maximum Gasteiger partial charge on any atom is 0.161 e. The quantitative estimate of drug-likeness (QED) is 0.765. The molecule has 0 N–H and O–H groups in total. The molecule has 0 aliphatic carbocycles. The number of anilines is 1. The highest BCUT2D eigenvalue weighted by Crippen LogP contribution is 2.49. The normalized spacial score (nSPS) is 30.9. The van der Waals surface area contributed by atoms with Crippen molar-refractivity contribution in [3.63, 3.8) is 0 Å². The average Bonchev–Trinajstić information content (AvgIpc) is 3.17. The van der Waals surface area contributed by atoms with E-state index in [1.165, 1.54) is 31.5 Å². The summed E-state index contributed by atoms with van der Waals surface area (Å²) in [6, 6.07) is 13.4. The van der Waals surface area contributed by atoms with Crippen molar-refractivity contribution in [1.29, 1.82) is 0 Å². The molecule has 3 atom stereocenters. The van der Waals surface area contributed by atoms with Crippen LogP contribution in [-0.2, 0) is 0 Å². The van der Waals surface area contributed by atoms with Crippen molar-refractivity contribution in [2.45, 2.75) is 37.8 Å². The van der Waals surface area contributed by atoms with Crippen molar-refractivity contribution < 1.29 is 9.53 Å². The molecule has 0 radical (unpaired) electrons. The number of Topliss-reactive ketones (excluding diaryl/α,β-unsaturated/α-hetero) is 1. The Labute approximate surface area is 166 Å². The number of aromatic nitrogens is 1. The molecule has 146 valence electrons. The van der Waals surface area contributed by atoms with Gasteiger partial charge >= 0.3 is 0 Å². The predicted molar refractivity (Wildman–Crippen MR) is 109 cm³/mol. The number of pyridine rings is 1. The van der Waals surface area contributed by atoms with E-state index in [0.29, 0.717) is 29.5 Å². The molecule has 28 heavy (non-hydrogen) atoms. The number of fused-ring (bicyclic) bond motifs is 2. The van der Waals surface area contributed by atoms with Crippen LogP contribution < -0.4 is 9.64 Å². The number of hydrogen-bond acceptors (Lipinski definition) is 5. The van der Waals surface area contributed by atoms with Gasteiger partial charge in [-0.25, -0.2) is 4.98 Å². The van der Waals surface area contributed by atoms with Gasteiger partial charge in [0.25, 0.3) is 0 Å². The van der Waals surface area contributed by atoms with Gasteiger partial charge in [0.1, 0.15) is 11.6 Å². The SMILES string of the molecule is COc1ccccc1[C@H]1CN(c2ccc(C(C)=O)cn2)[C@H]2C3CCN(CC3)[C@@H]12. The zero-order chi connectivity index (χ0) is 19.3. The number of ether oxygens (including phenoxy) is 1. The molecule has 5 nitrogen and oxygen atoms in total. The van der Waals surface area contributed by atoms with E-state index in [1.54, 1.807) is 20.2 Å². The lowest BCUT2D eigenvalue weighted by atomic mass is 9.75. The second kappa shape index (κ2) is 6.89. The summed E-state index contributed by atoms with van der Waals surface area (Å²) in [5.41, 5.74) is 1.98. The van der Waals surface area contributed by atoms with Crippen LogP contribution in [0.3, 0.4) is 0 Å². The minimum Gasteiger partial charge on any atom is -0.496 e. The molecule has 4 aliphatic rings. The van der Waals surface area contributed by atoms with Gasteiger partial charge in [0.05, 0.1) is 7.11 Å². The summed E-state index contributed by atoms with van der Waals surface area (Å²) in [4.78, 5) is 21.5. The molecule has 5 heteroatoms. The minimum atomic E-state index is 0.0630. The van der Waals surface area contributed by atoms with Crippen LogP contribution in [0, 0.1) is 5.92 Å². The van der Waals surface area contributed by atoms with Gasteiger partial charge in [-0.05, 0) is 57.0 Å². The Balaban J connectivity index is 1.55. The lowest BCUT2D eigenvalue weighted by Crippen LogP contribution is -2.60. The number of hydrogen-bond donors (Lipinski definition) is 0. The number of nitrogens with zero attached hydrogens (tertiary/aromatic N) is 3. The molecule has 5 heterocycles. The van der Waals surface area contributed by atoms with Crippen LogP contribution in [0.5, 0.6) is 5.75 Å². The maximum atomic E-state index is 11.6. The van der Waals surface area contributed by atoms with E-state index in [1.807, 2.05) is 18.2 Å². The molecule has 4 saturated heterocycles.